The monoisotopic (exact) mass is 322 g/mol. The first-order chi connectivity index (χ1) is 9.64. The summed E-state index contributed by atoms with van der Waals surface area (Å²) in [6.07, 6.45) is -0.0546. The Morgan fingerprint density at radius 3 is 2.52 bits per heavy atom. The van der Waals surface area contributed by atoms with Gasteiger partial charge < -0.3 is 10.1 Å². The lowest BCUT2D eigenvalue weighted by molar-refractivity contribution is 0.0743. The van der Waals surface area contributed by atoms with Crippen LogP contribution in [0.15, 0.2) is 17.0 Å². The van der Waals surface area contributed by atoms with Crippen LogP contribution in [0.5, 0.6) is 0 Å². The summed E-state index contributed by atoms with van der Waals surface area (Å²) in [5.41, 5.74) is -0.994. The lowest BCUT2D eigenvalue weighted by Crippen LogP contribution is -2.30. The molecule has 0 radical (unpaired) electrons. The molecule has 21 heavy (non-hydrogen) atoms. The fraction of sp³-hybridized carbons (Fsp3) is 0.417. The summed E-state index contributed by atoms with van der Waals surface area (Å²) < 4.78 is 54.9. The maximum atomic E-state index is 13.9. The Morgan fingerprint density at radius 1 is 1.38 bits per heavy atom. The van der Waals surface area contributed by atoms with Crippen LogP contribution < -0.4 is 10.5 Å². The molecule has 0 aliphatic carbocycles. The van der Waals surface area contributed by atoms with Gasteiger partial charge in [0.2, 0.25) is 10.0 Å². The van der Waals surface area contributed by atoms with Gasteiger partial charge >= 0.3 is 0 Å². The second-order valence-electron chi connectivity index (χ2n) is 4.45. The first kappa shape index (κ1) is 17.5. The molecule has 0 saturated carbocycles. The molecule has 3 N–H and O–H groups in total. The van der Waals surface area contributed by atoms with E-state index in [9.17, 15) is 22.0 Å². The molecule has 0 heterocycles. The van der Waals surface area contributed by atoms with E-state index in [1.54, 1.807) is 13.8 Å². The second kappa shape index (κ2) is 6.92. The van der Waals surface area contributed by atoms with E-state index in [1.165, 1.54) is 0 Å². The van der Waals surface area contributed by atoms with Crippen LogP contribution in [0.25, 0.3) is 0 Å². The third-order valence-electron chi connectivity index (χ3n) is 2.43. The maximum Gasteiger partial charge on any atom is 0.257 e. The van der Waals surface area contributed by atoms with Crippen molar-refractivity contribution in [3.63, 3.8) is 0 Å². The zero-order valence-corrected chi connectivity index (χ0v) is 12.3. The average Bonchev–Trinajstić information content (AvgIpc) is 2.32. The molecule has 0 atom stereocenters. The highest BCUT2D eigenvalue weighted by atomic mass is 32.2. The molecular formula is C12H16F2N2O4S. The number of amides is 1. The van der Waals surface area contributed by atoms with Crippen LogP contribution in [0, 0.1) is 11.6 Å². The van der Waals surface area contributed by atoms with Gasteiger partial charge in [0.25, 0.3) is 5.91 Å². The number of sulfonamides is 1. The topological polar surface area (TPSA) is 98.5 Å². The maximum absolute atomic E-state index is 13.9. The fourth-order valence-electron chi connectivity index (χ4n) is 1.51. The number of nitrogens with two attached hydrogens (primary N) is 1. The quantitative estimate of drug-likeness (QED) is 0.756. The van der Waals surface area contributed by atoms with Gasteiger partial charge in [0.15, 0.2) is 5.82 Å². The summed E-state index contributed by atoms with van der Waals surface area (Å²) >= 11 is 0. The molecule has 0 aliphatic rings. The SMILES string of the molecule is CC(C)OCCNC(=O)c1c(F)ccc(S(N)(=O)=O)c1F. The Balaban J connectivity index is 2.94. The van der Waals surface area contributed by atoms with Crippen LogP contribution in [0.4, 0.5) is 8.78 Å². The van der Waals surface area contributed by atoms with E-state index in [4.69, 9.17) is 9.88 Å². The number of carbonyl (C=O) groups excluding carboxylic acids is 1. The van der Waals surface area contributed by atoms with Gasteiger partial charge in [-0.25, -0.2) is 22.3 Å². The normalized spacial score (nSPS) is 11.7. The largest absolute Gasteiger partial charge is 0.377 e. The number of rotatable bonds is 6. The van der Waals surface area contributed by atoms with Gasteiger partial charge in [-0.15, -0.1) is 0 Å². The number of carbonyl (C=O) groups is 1. The van der Waals surface area contributed by atoms with E-state index in [-0.39, 0.29) is 19.3 Å². The summed E-state index contributed by atoms with van der Waals surface area (Å²) in [6.45, 7) is 3.75. The van der Waals surface area contributed by atoms with Crippen LogP contribution in [0.1, 0.15) is 24.2 Å². The van der Waals surface area contributed by atoms with Gasteiger partial charge in [-0.1, -0.05) is 0 Å². The predicted octanol–water partition coefficient (Wildman–Crippen LogP) is 0.767. The zero-order valence-electron chi connectivity index (χ0n) is 11.5. The molecule has 1 rings (SSSR count). The predicted molar refractivity (Wildman–Crippen MR) is 71.2 cm³/mol. The van der Waals surface area contributed by atoms with Crippen molar-refractivity contribution in [2.75, 3.05) is 13.2 Å². The van der Waals surface area contributed by atoms with Crippen LogP contribution in [-0.4, -0.2) is 33.6 Å². The van der Waals surface area contributed by atoms with E-state index >= 15 is 0 Å². The van der Waals surface area contributed by atoms with Crippen LogP contribution in [-0.2, 0) is 14.8 Å². The molecule has 0 aliphatic heterocycles. The molecule has 0 fully saturated rings. The van der Waals surface area contributed by atoms with Crippen molar-refractivity contribution < 1.29 is 26.7 Å². The van der Waals surface area contributed by atoms with Gasteiger partial charge in [-0.3, -0.25) is 4.79 Å². The van der Waals surface area contributed by atoms with Crippen molar-refractivity contribution in [1.29, 1.82) is 0 Å². The minimum absolute atomic E-state index is 0.0233. The molecule has 0 spiro atoms. The van der Waals surface area contributed by atoms with E-state index < -0.39 is 38.0 Å². The number of hydrogen-bond acceptors (Lipinski definition) is 4. The standard InChI is InChI=1S/C12H16F2N2O4S/c1-7(2)20-6-5-16-12(17)10-8(13)3-4-9(11(10)14)21(15,18)19/h3-4,7H,5-6H2,1-2H3,(H,16,17)(H2,15,18,19). The van der Waals surface area contributed by atoms with E-state index in [0.717, 1.165) is 0 Å². The first-order valence-corrected chi connectivity index (χ1v) is 7.59. The van der Waals surface area contributed by atoms with E-state index in [0.29, 0.717) is 12.1 Å². The lowest BCUT2D eigenvalue weighted by Gasteiger charge is -2.10. The molecule has 0 aromatic heterocycles. The minimum Gasteiger partial charge on any atom is -0.377 e. The first-order valence-electron chi connectivity index (χ1n) is 6.05. The summed E-state index contributed by atoms with van der Waals surface area (Å²) in [5, 5.41) is 7.02. The molecule has 1 amide bonds. The van der Waals surface area contributed by atoms with Crippen LogP contribution in [0.2, 0.25) is 0 Å². The molecule has 118 valence electrons. The Kier molecular flexibility index (Phi) is 5.76. The highest BCUT2D eigenvalue weighted by Gasteiger charge is 2.24. The smallest absolute Gasteiger partial charge is 0.257 e. The Labute approximate surface area is 121 Å². The molecular weight excluding hydrogens is 306 g/mol. The van der Waals surface area contributed by atoms with Crippen molar-refractivity contribution in [2.24, 2.45) is 5.14 Å². The molecule has 0 bridgehead atoms. The lowest BCUT2D eigenvalue weighted by atomic mass is 10.2. The van der Waals surface area contributed by atoms with Crippen LogP contribution >= 0.6 is 0 Å². The fourth-order valence-corrected chi connectivity index (χ4v) is 2.12. The number of ether oxygens (including phenoxy) is 1. The molecule has 9 heteroatoms. The summed E-state index contributed by atoms with van der Waals surface area (Å²) in [4.78, 5) is 10.8. The van der Waals surface area contributed by atoms with Gasteiger partial charge in [0.1, 0.15) is 16.3 Å². The Bertz CT molecular complexity index is 632. The molecule has 0 unspecified atom stereocenters. The van der Waals surface area contributed by atoms with E-state index in [1.807, 2.05) is 0 Å². The zero-order chi connectivity index (χ0) is 16.2. The van der Waals surface area contributed by atoms with E-state index in [2.05, 4.69) is 5.32 Å². The molecule has 1 aromatic carbocycles. The van der Waals surface area contributed by atoms with Gasteiger partial charge in [-0.2, -0.15) is 0 Å². The highest BCUT2D eigenvalue weighted by Crippen LogP contribution is 2.20. The highest BCUT2D eigenvalue weighted by molar-refractivity contribution is 7.89. The molecule has 1 aromatic rings. The Hall–Kier alpha value is -1.58. The minimum atomic E-state index is -4.39. The molecule has 6 nitrogen and oxygen atoms in total. The third-order valence-corrected chi connectivity index (χ3v) is 3.36. The van der Waals surface area contributed by atoms with Crippen molar-refractivity contribution in [3.05, 3.63) is 29.3 Å². The van der Waals surface area contributed by atoms with Crippen LogP contribution in [0.3, 0.4) is 0 Å². The van der Waals surface area contributed by atoms with Gasteiger partial charge in [0.05, 0.1) is 12.7 Å². The van der Waals surface area contributed by atoms with Crippen molar-refractivity contribution >= 4 is 15.9 Å². The average molecular weight is 322 g/mol. The number of hydrogen-bond donors (Lipinski definition) is 2. The van der Waals surface area contributed by atoms with Crippen molar-refractivity contribution in [1.82, 2.24) is 5.32 Å². The summed E-state index contributed by atoms with van der Waals surface area (Å²) in [7, 11) is -4.39. The number of primary sulfonamides is 1. The summed E-state index contributed by atoms with van der Waals surface area (Å²) in [5.74, 6) is -3.77. The van der Waals surface area contributed by atoms with Crippen molar-refractivity contribution in [3.8, 4) is 0 Å². The number of nitrogens with one attached hydrogen (secondary N) is 1. The second-order valence-corrected chi connectivity index (χ2v) is 5.98. The van der Waals surface area contributed by atoms with Gasteiger partial charge in [0, 0.05) is 6.54 Å². The number of benzene rings is 1. The molecule has 0 saturated heterocycles. The Morgan fingerprint density at radius 2 is 2.00 bits per heavy atom. The third kappa shape index (κ3) is 4.73. The summed E-state index contributed by atoms with van der Waals surface area (Å²) in [6, 6.07) is 1.33. The number of halogens is 2. The van der Waals surface area contributed by atoms with Crippen molar-refractivity contribution in [2.45, 2.75) is 24.8 Å². The van der Waals surface area contributed by atoms with Gasteiger partial charge in [-0.05, 0) is 26.0 Å².